The Morgan fingerprint density at radius 1 is 0.927 bits per heavy atom. The minimum absolute atomic E-state index is 0.0431. The zero-order valence-electron chi connectivity index (χ0n) is 25.6. The van der Waals surface area contributed by atoms with Gasteiger partial charge in [0.1, 0.15) is 23.7 Å². The molecule has 0 radical (unpaired) electrons. The Hall–Kier alpha value is -3.26. The molecule has 1 amide bonds. The van der Waals surface area contributed by atoms with Crippen LogP contribution in [0, 0.1) is 11.8 Å². The lowest BCUT2D eigenvalue weighted by Crippen LogP contribution is -2.38. The third kappa shape index (κ3) is 8.86. The van der Waals surface area contributed by atoms with Crippen molar-refractivity contribution in [1.29, 1.82) is 0 Å². The lowest BCUT2D eigenvalue weighted by molar-refractivity contribution is -0.151. The zero-order chi connectivity index (χ0) is 29.8. The maximum Gasteiger partial charge on any atom is 0.407 e. The lowest BCUT2D eigenvalue weighted by atomic mass is 9.87. The molecule has 1 aliphatic heterocycles. The Morgan fingerprint density at radius 2 is 1.54 bits per heavy atom. The molecule has 2 fully saturated rings. The maximum absolute atomic E-state index is 12.7. The Balaban J connectivity index is 1.21. The highest BCUT2D eigenvalue weighted by Crippen LogP contribution is 2.45. The first kappa shape index (κ1) is 30.7. The van der Waals surface area contributed by atoms with E-state index in [2.05, 4.69) is 31.0 Å². The van der Waals surface area contributed by atoms with Crippen LogP contribution in [-0.2, 0) is 26.1 Å². The van der Waals surface area contributed by atoms with Gasteiger partial charge >= 0.3 is 12.1 Å². The summed E-state index contributed by atoms with van der Waals surface area (Å²) in [5.41, 5.74) is 1.73. The predicted octanol–water partition coefficient (Wildman–Crippen LogP) is 5.37. The Labute approximate surface area is 244 Å². The number of benzene rings is 2. The number of amides is 1. The number of rotatable bonds is 11. The summed E-state index contributed by atoms with van der Waals surface area (Å²) >= 11 is 0. The second-order valence-electron chi connectivity index (χ2n) is 13.1. The fourth-order valence-corrected chi connectivity index (χ4v) is 5.29. The molecule has 1 saturated heterocycles. The van der Waals surface area contributed by atoms with E-state index < -0.39 is 11.7 Å². The van der Waals surface area contributed by atoms with E-state index in [1.807, 2.05) is 69.3 Å². The van der Waals surface area contributed by atoms with E-state index in [0.29, 0.717) is 37.2 Å². The minimum Gasteiger partial charge on any atom is -0.492 e. The molecule has 4 atom stereocenters. The molecule has 0 spiro atoms. The summed E-state index contributed by atoms with van der Waals surface area (Å²) in [6.07, 6.45) is -0.669. The number of hydrogen-bond acceptors (Lipinski definition) is 7. The van der Waals surface area contributed by atoms with Crippen LogP contribution in [0.2, 0.25) is 0 Å². The quantitative estimate of drug-likeness (QED) is 0.366. The number of likely N-dealkylation sites (tertiary alicyclic amines) is 1. The van der Waals surface area contributed by atoms with Gasteiger partial charge in [-0.05, 0) is 80.3 Å². The van der Waals surface area contributed by atoms with E-state index in [1.54, 1.807) is 6.92 Å². The van der Waals surface area contributed by atoms with Crippen LogP contribution in [0.15, 0.2) is 48.5 Å². The molecule has 4 rings (SSSR count). The highest BCUT2D eigenvalue weighted by atomic mass is 16.6. The molecule has 8 heteroatoms. The molecule has 41 heavy (non-hydrogen) atoms. The molecule has 0 aromatic heterocycles. The molecule has 2 unspecified atom stereocenters. The Morgan fingerprint density at radius 3 is 2.10 bits per heavy atom. The molecular formula is C33H46N2O6. The van der Waals surface area contributed by atoms with Crippen molar-refractivity contribution >= 4 is 12.1 Å². The lowest BCUT2D eigenvalue weighted by Gasteiger charge is -2.22. The van der Waals surface area contributed by atoms with Gasteiger partial charge in [0.2, 0.25) is 0 Å². The molecule has 224 valence electrons. The van der Waals surface area contributed by atoms with Crippen LogP contribution in [0.1, 0.15) is 59.6 Å². The summed E-state index contributed by atoms with van der Waals surface area (Å²) in [5.74, 6) is 2.04. The number of carbonyl (C=O) groups is 2. The fraction of sp³-hybridized carbons (Fsp3) is 0.576. The maximum atomic E-state index is 12.7. The third-order valence-electron chi connectivity index (χ3n) is 7.52. The van der Waals surface area contributed by atoms with Crippen LogP contribution >= 0.6 is 0 Å². The van der Waals surface area contributed by atoms with Crippen molar-refractivity contribution in [2.24, 2.45) is 11.8 Å². The molecule has 1 saturated carbocycles. The number of nitrogens with one attached hydrogen (secondary N) is 1. The first-order valence-corrected chi connectivity index (χ1v) is 14.7. The van der Waals surface area contributed by atoms with Crippen molar-refractivity contribution < 1.29 is 28.5 Å². The van der Waals surface area contributed by atoms with Crippen LogP contribution in [0.25, 0.3) is 0 Å². The molecule has 8 nitrogen and oxygen atoms in total. The molecule has 1 heterocycles. The van der Waals surface area contributed by atoms with E-state index in [1.165, 1.54) is 5.56 Å². The van der Waals surface area contributed by atoms with Crippen LogP contribution in [0.5, 0.6) is 11.5 Å². The number of alkyl carbamates (subject to hydrolysis) is 1. The van der Waals surface area contributed by atoms with Crippen molar-refractivity contribution in [3.63, 3.8) is 0 Å². The SMILES string of the molecule is CCOC(=O)[C@H](Cc1ccc(OCCN2CC3C(NC(=O)OC(C)(C)C)[C@H]3C2)cc1)Oc1ccc(C(C)(C)C)cc1. The van der Waals surface area contributed by atoms with E-state index in [4.69, 9.17) is 18.9 Å². The molecule has 0 bridgehead atoms. The van der Waals surface area contributed by atoms with Gasteiger partial charge < -0.3 is 24.3 Å². The summed E-state index contributed by atoms with van der Waals surface area (Å²) in [7, 11) is 0. The fourth-order valence-electron chi connectivity index (χ4n) is 5.29. The summed E-state index contributed by atoms with van der Waals surface area (Å²) < 4.78 is 22.7. The predicted molar refractivity (Wildman–Crippen MR) is 158 cm³/mol. The zero-order valence-corrected chi connectivity index (χ0v) is 25.6. The van der Waals surface area contributed by atoms with Crippen LogP contribution < -0.4 is 14.8 Å². The van der Waals surface area contributed by atoms with Crippen LogP contribution in [0.4, 0.5) is 4.79 Å². The highest BCUT2D eigenvalue weighted by molar-refractivity contribution is 5.75. The van der Waals surface area contributed by atoms with Gasteiger partial charge in [-0.15, -0.1) is 0 Å². The van der Waals surface area contributed by atoms with Gasteiger partial charge in [-0.3, -0.25) is 4.90 Å². The van der Waals surface area contributed by atoms with Gasteiger partial charge in [-0.25, -0.2) is 9.59 Å². The van der Waals surface area contributed by atoms with Gasteiger partial charge in [0.15, 0.2) is 6.10 Å². The molecule has 2 aromatic carbocycles. The van der Waals surface area contributed by atoms with E-state index in [0.717, 1.165) is 30.9 Å². The Kier molecular flexibility index (Phi) is 9.52. The van der Waals surface area contributed by atoms with Crippen molar-refractivity contribution in [2.45, 2.75) is 78.0 Å². The van der Waals surface area contributed by atoms with Gasteiger partial charge in [-0.1, -0.05) is 45.0 Å². The first-order chi connectivity index (χ1) is 19.3. The second-order valence-corrected chi connectivity index (χ2v) is 13.1. The molecule has 2 aromatic rings. The smallest absolute Gasteiger partial charge is 0.407 e. The summed E-state index contributed by atoms with van der Waals surface area (Å²) in [6.45, 7) is 17.5. The van der Waals surface area contributed by atoms with Crippen molar-refractivity contribution in [2.75, 3.05) is 32.8 Å². The van der Waals surface area contributed by atoms with Gasteiger partial charge in [0.25, 0.3) is 0 Å². The molecule has 2 aliphatic rings. The average Bonchev–Trinajstić information content (AvgIpc) is 3.31. The molecule has 1 N–H and O–H groups in total. The van der Waals surface area contributed by atoms with E-state index in [9.17, 15) is 9.59 Å². The molecule has 1 aliphatic carbocycles. The summed E-state index contributed by atoms with van der Waals surface area (Å²) in [4.78, 5) is 27.1. The normalized spacial score (nSPS) is 21.0. The van der Waals surface area contributed by atoms with Crippen molar-refractivity contribution in [1.82, 2.24) is 10.2 Å². The number of fused-ring (bicyclic) bond motifs is 1. The number of carbonyl (C=O) groups excluding carboxylic acids is 2. The van der Waals surface area contributed by atoms with Gasteiger partial charge in [0, 0.05) is 32.1 Å². The Bertz CT molecular complexity index is 1150. The summed E-state index contributed by atoms with van der Waals surface area (Å²) in [6, 6.07) is 15.9. The standard InChI is InChI=1S/C33H46N2O6/c1-8-38-30(36)28(40-25-15-11-23(12-16-25)32(2,3)4)19-22-9-13-24(14-10-22)39-18-17-35-20-26-27(21-35)29(26)34-31(37)41-33(5,6)7/h9-16,26-29H,8,17-21H2,1-7H3,(H,34,37)/t26-,27?,28-,29?/m0/s1. The second kappa shape index (κ2) is 12.7. The van der Waals surface area contributed by atoms with Gasteiger partial charge in [0.05, 0.1) is 6.61 Å². The number of esters is 1. The number of nitrogens with zero attached hydrogens (tertiary/aromatic N) is 1. The third-order valence-corrected chi connectivity index (χ3v) is 7.52. The van der Waals surface area contributed by atoms with E-state index >= 15 is 0 Å². The first-order valence-electron chi connectivity index (χ1n) is 14.7. The molecular weight excluding hydrogens is 520 g/mol. The summed E-state index contributed by atoms with van der Waals surface area (Å²) in [5, 5.41) is 3.01. The number of hydrogen-bond donors (Lipinski definition) is 1. The minimum atomic E-state index is -0.738. The van der Waals surface area contributed by atoms with Crippen molar-refractivity contribution in [3.8, 4) is 11.5 Å². The van der Waals surface area contributed by atoms with Crippen LogP contribution in [0.3, 0.4) is 0 Å². The monoisotopic (exact) mass is 566 g/mol. The number of piperidine rings is 1. The van der Waals surface area contributed by atoms with E-state index in [-0.39, 0.29) is 23.5 Å². The van der Waals surface area contributed by atoms with Crippen molar-refractivity contribution in [3.05, 3.63) is 59.7 Å². The highest BCUT2D eigenvalue weighted by Gasteiger charge is 2.56. The average molecular weight is 567 g/mol. The van der Waals surface area contributed by atoms with Crippen LogP contribution in [-0.4, -0.2) is 67.6 Å². The topological polar surface area (TPSA) is 86.3 Å². The number of ether oxygens (including phenoxy) is 4. The largest absolute Gasteiger partial charge is 0.492 e. The van der Waals surface area contributed by atoms with Gasteiger partial charge in [-0.2, -0.15) is 0 Å².